The quantitative estimate of drug-likeness (QED) is 0.194. The molecule has 0 amide bonds. The van der Waals surface area contributed by atoms with Gasteiger partial charge in [-0.25, -0.2) is 9.98 Å². The highest BCUT2D eigenvalue weighted by Crippen LogP contribution is 2.40. The van der Waals surface area contributed by atoms with Crippen molar-refractivity contribution in [2.24, 2.45) is 9.98 Å². The van der Waals surface area contributed by atoms with E-state index in [0.29, 0.717) is 5.84 Å². The Bertz CT molecular complexity index is 2810. The average Bonchev–Trinajstić information content (AvgIpc) is 3.73. The van der Waals surface area contributed by atoms with Gasteiger partial charge in [0.1, 0.15) is 28.2 Å². The Hall–Kier alpha value is -6.46. The molecule has 0 saturated heterocycles. The van der Waals surface area contributed by atoms with Gasteiger partial charge in [-0.1, -0.05) is 121 Å². The molecule has 1 aliphatic rings. The van der Waals surface area contributed by atoms with Crippen molar-refractivity contribution >= 4 is 66.3 Å². The van der Waals surface area contributed by atoms with E-state index >= 15 is 0 Å². The summed E-state index contributed by atoms with van der Waals surface area (Å²) < 4.78 is 13.0. The Balaban J connectivity index is 1.22. The van der Waals surface area contributed by atoms with Crippen LogP contribution in [0.25, 0.3) is 65.8 Å². The number of hydrogen-bond donors (Lipinski definition) is 0. The zero-order valence-corrected chi connectivity index (χ0v) is 26.7. The van der Waals surface area contributed by atoms with Crippen molar-refractivity contribution in [1.29, 1.82) is 0 Å². The molecular formula is C44H29N3O2. The van der Waals surface area contributed by atoms with Crippen LogP contribution < -0.4 is 0 Å². The first-order chi connectivity index (χ1) is 24.2. The molecule has 0 saturated carbocycles. The minimum atomic E-state index is -0.397. The molecule has 7 aromatic carbocycles. The standard InChI is InChI=1S/C44H29N3O2/c1-47-43(31-22-21-28-13-5-6-14-29(28)25-31)45-42(46-44(47)35-18-9-16-33-32-15-7-8-19-37(32)49-41(33)35)34-17-10-20-39-40(34)36-26-30(23-24-38(36)48-39)27-11-3-2-4-12-27/h2-26,44H,1H3. The lowest BCUT2D eigenvalue weighted by Gasteiger charge is -2.32. The Morgan fingerprint density at radius 2 is 1.27 bits per heavy atom. The summed E-state index contributed by atoms with van der Waals surface area (Å²) in [5.74, 6) is 1.49. The molecule has 1 aliphatic heterocycles. The monoisotopic (exact) mass is 631 g/mol. The zero-order valence-electron chi connectivity index (χ0n) is 26.7. The minimum absolute atomic E-state index is 0.397. The van der Waals surface area contributed by atoms with Crippen molar-refractivity contribution < 1.29 is 8.83 Å². The molecule has 1 unspecified atom stereocenters. The van der Waals surface area contributed by atoms with E-state index < -0.39 is 6.17 Å². The summed E-state index contributed by atoms with van der Waals surface area (Å²) in [4.78, 5) is 12.9. The molecule has 9 aromatic rings. The number of hydrogen-bond acceptors (Lipinski definition) is 5. The highest BCUT2D eigenvalue weighted by Gasteiger charge is 2.30. The largest absolute Gasteiger partial charge is 0.456 e. The third-order valence-corrected chi connectivity index (χ3v) is 9.72. The van der Waals surface area contributed by atoms with E-state index in [1.807, 2.05) is 30.3 Å². The lowest BCUT2D eigenvalue weighted by Crippen LogP contribution is -2.35. The third kappa shape index (κ3) is 4.40. The average molecular weight is 632 g/mol. The van der Waals surface area contributed by atoms with Crippen molar-refractivity contribution in [3.8, 4) is 11.1 Å². The molecule has 0 aliphatic carbocycles. The second kappa shape index (κ2) is 10.8. The second-order valence-electron chi connectivity index (χ2n) is 12.6. The van der Waals surface area contributed by atoms with Crippen molar-refractivity contribution in [3.63, 3.8) is 0 Å². The Kier molecular flexibility index (Phi) is 6.09. The molecule has 0 N–H and O–H groups in total. The van der Waals surface area contributed by atoms with Crippen LogP contribution in [0.2, 0.25) is 0 Å². The van der Waals surface area contributed by atoms with Crippen LogP contribution in [0.5, 0.6) is 0 Å². The molecule has 0 spiro atoms. The van der Waals surface area contributed by atoms with E-state index in [0.717, 1.165) is 82.9 Å². The fraction of sp³-hybridized carbons (Fsp3) is 0.0455. The van der Waals surface area contributed by atoms with Gasteiger partial charge in [0.05, 0.1) is 0 Å². The first-order valence-electron chi connectivity index (χ1n) is 16.5. The molecule has 2 aromatic heterocycles. The highest BCUT2D eigenvalue weighted by molar-refractivity contribution is 6.22. The molecular weight excluding hydrogens is 603 g/mol. The van der Waals surface area contributed by atoms with Gasteiger partial charge in [-0.15, -0.1) is 0 Å². The summed E-state index contributed by atoms with van der Waals surface area (Å²) in [5, 5.41) is 6.55. The Labute approximate surface area is 282 Å². The molecule has 3 heterocycles. The second-order valence-corrected chi connectivity index (χ2v) is 12.6. The summed E-state index contributed by atoms with van der Waals surface area (Å²) in [7, 11) is 2.07. The lowest BCUT2D eigenvalue weighted by molar-refractivity contribution is 0.382. The normalized spacial score (nSPS) is 15.0. The zero-order chi connectivity index (χ0) is 32.5. The SMILES string of the molecule is CN1C(c2ccc3ccccc3c2)=NC(c2cccc3oc4ccc(-c5ccccc5)cc4c23)=NC1c1cccc2c1oc1ccccc12. The maximum Gasteiger partial charge on any atom is 0.160 e. The van der Waals surface area contributed by atoms with Crippen LogP contribution in [-0.2, 0) is 0 Å². The fourth-order valence-electron chi connectivity index (χ4n) is 7.33. The van der Waals surface area contributed by atoms with Crippen LogP contribution in [0.4, 0.5) is 0 Å². The van der Waals surface area contributed by atoms with Gasteiger partial charge in [0.15, 0.2) is 12.0 Å². The van der Waals surface area contributed by atoms with Gasteiger partial charge in [-0.05, 0) is 52.2 Å². The van der Waals surface area contributed by atoms with Crippen LogP contribution in [0, 0.1) is 0 Å². The number of rotatable bonds is 4. The maximum absolute atomic E-state index is 6.54. The van der Waals surface area contributed by atoms with Crippen LogP contribution in [0.1, 0.15) is 22.9 Å². The van der Waals surface area contributed by atoms with Gasteiger partial charge in [0.25, 0.3) is 0 Å². The van der Waals surface area contributed by atoms with Gasteiger partial charge in [0, 0.05) is 45.3 Å². The van der Waals surface area contributed by atoms with Gasteiger partial charge < -0.3 is 13.7 Å². The van der Waals surface area contributed by atoms with Gasteiger partial charge in [0.2, 0.25) is 0 Å². The van der Waals surface area contributed by atoms with Crippen molar-refractivity contribution in [3.05, 3.63) is 168 Å². The highest BCUT2D eigenvalue weighted by atomic mass is 16.3. The lowest BCUT2D eigenvalue weighted by atomic mass is 9.99. The molecule has 10 rings (SSSR count). The molecule has 49 heavy (non-hydrogen) atoms. The molecule has 5 heteroatoms. The van der Waals surface area contributed by atoms with E-state index in [1.54, 1.807) is 0 Å². The molecule has 0 bridgehead atoms. The number of benzene rings is 7. The first kappa shape index (κ1) is 27.6. The molecule has 0 fully saturated rings. The smallest absolute Gasteiger partial charge is 0.160 e. The third-order valence-electron chi connectivity index (χ3n) is 9.72. The summed E-state index contributed by atoms with van der Waals surface area (Å²) >= 11 is 0. The summed E-state index contributed by atoms with van der Waals surface area (Å²) in [6.45, 7) is 0. The van der Waals surface area contributed by atoms with Crippen LogP contribution in [0.15, 0.2) is 170 Å². The summed E-state index contributed by atoms with van der Waals surface area (Å²) in [6.07, 6.45) is -0.397. The van der Waals surface area contributed by atoms with Gasteiger partial charge in [-0.3, -0.25) is 0 Å². The van der Waals surface area contributed by atoms with Crippen LogP contribution >= 0.6 is 0 Å². The predicted molar refractivity (Wildman–Crippen MR) is 200 cm³/mol. The fourth-order valence-corrected chi connectivity index (χ4v) is 7.33. The summed E-state index contributed by atoms with van der Waals surface area (Å²) in [5.41, 5.74) is 8.55. The Morgan fingerprint density at radius 1 is 0.531 bits per heavy atom. The van der Waals surface area contributed by atoms with Crippen molar-refractivity contribution in [2.75, 3.05) is 7.05 Å². The van der Waals surface area contributed by atoms with Crippen LogP contribution in [-0.4, -0.2) is 23.6 Å². The van der Waals surface area contributed by atoms with Crippen molar-refractivity contribution in [1.82, 2.24) is 4.90 Å². The van der Waals surface area contributed by atoms with E-state index in [-0.39, 0.29) is 0 Å². The van der Waals surface area contributed by atoms with E-state index in [9.17, 15) is 0 Å². The van der Waals surface area contributed by atoms with Gasteiger partial charge >= 0.3 is 0 Å². The van der Waals surface area contributed by atoms with Gasteiger partial charge in [-0.2, -0.15) is 0 Å². The van der Waals surface area contributed by atoms with E-state index in [1.165, 1.54) is 5.39 Å². The van der Waals surface area contributed by atoms with E-state index in [4.69, 9.17) is 18.8 Å². The topological polar surface area (TPSA) is 54.2 Å². The number of aliphatic imine (C=N–C) groups is 2. The van der Waals surface area contributed by atoms with E-state index in [2.05, 4.69) is 133 Å². The molecule has 0 radical (unpaired) electrons. The number of fused-ring (bicyclic) bond motifs is 7. The Morgan fingerprint density at radius 3 is 2.18 bits per heavy atom. The maximum atomic E-state index is 6.54. The number of para-hydroxylation sites is 2. The summed E-state index contributed by atoms with van der Waals surface area (Å²) in [6, 6.07) is 52.5. The predicted octanol–water partition coefficient (Wildman–Crippen LogP) is 11.1. The molecule has 5 nitrogen and oxygen atoms in total. The minimum Gasteiger partial charge on any atom is -0.456 e. The molecule has 232 valence electrons. The van der Waals surface area contributed by atoms with Crippen molar-refractivity contribution in [2.45, 2.75) is 6.17 Å². The molecule has 1 atom stereocenters. The number of furan rings is 2. The first-order valence-corrected chi connectivity index (χ1v) is 16.5. The number of amidine groups is 2. The van der Waals surface area contributed by atoms with Crippen LogP contribution in [0.3, 0.4) is 0 Å². The number of nitrogens with zero attached hydrogens (tertiary/aromatic N) is 3.